The van der Waals surface area contributed by atoms with Gasteiger partial charge < -0.3 is 19.1 Å². The first-order chi connectivity index (χ1) is 19.1. The van der Waals surface area contributed by atoms with E-state index in [0.29, 0.717) is 29.7 Å². The lowest BCUT2D eigenvalue weighted by atomic mass is 9.51. The lowest BCUT2D eigenvalue weighted by Crippen LogP contribution is -2.68. The number of carbonyl (C=O) groups excluding carboxylic acids is 1. The van der Waals surface area contributed by atoms with Gasteiger partial charge in [0.25, 0.3) is 0 Å². The molecule has 1 spiro atoms. The fourth-order valence-electron chi connectivity index (χ4n) is 8.12. The van der Waals surface area contributed by atoms with Crippen molar-refractivity contribution in [1.29, 1.82) is 0 Å². The van der Waals surface area contributed by atoms with Gasteiger partial charge in [-0.05, 0) is 56.7 Å². The summed E-state index contributed by atoms with van der Waals surface area (Å²) in [6.07, 6.45) is 2.92. The molecule has 216 valence electrons. The summed E-state index contributed by atoms with van der Waals surface area (Å²) in [6, 6.07) is 11.1. The van der Waals surface area contributed by atoms with Crippen molar-refractivity contribution in [2.24, 2.45) is 11.8 Å². The number of hydrogen-bond acceptors (Lipinski definition) is 7. The Morgan fingerprint density at radius 2 is 1.95 bits per heavy atom. The van der Waals surface area contributed by atoms with Crippen LogP contribution in [0.5, 0.6) is 17.2 Å². The molecule has 2 aliphatic carbocycles. The quantitative estimate of drug-likeness (QED) is 0.350. The summed E-state index contributed by atoms with van der Waals surface area (Å²) in [5.74, 6) is 1.83. The third-order valence-corrected chi connectivity index (χ3v) is 11.4. The number of rotatable bonds is 8. The van der Waals surface area contributed by atoms with Crippen molar-refractivity contribution in [3.05, 3.63) is 53.1 Å². The lowest BCUT2D eigenvalue weighted by molar-refractivity contribution is -0.132. The van der Waals surface area contributed by atoms with Gasteiger partial charge in [-0.2, -0.15) is 4.31 Å². The minimum atomic E-state index is -3.64. The van der Waals surface area contributed by atoms with Gasteiger partial charge >= 0.3 is 5.97 Å². The summed E-state index contributed by atoms with van der Waals surface area (Å²) in [7, 11) is 0.128. The van der Waals surface area contributed by atoms with Gasteiger partial charge in [-0.25, -0.2) is 8.42 Å². The molecule has 2 heterocycles. The summed E-state index contributed by atoms with van der Waals surface area (Å²) in [4.78, 5) is 14.5. The predicted octanol–water partition coefficient (Wildman–Crippen LogP) is 4.15. The number of hydrogen-bond donors (Lipinski definition) is 0. The van der Waals surface area contributed by atoms with Crippen molar-refractivity contribution < 1.29 is 27.4 Å². The second-order valence-corrected chi connectivity index (χ2v) is 14.3. The lowest BCUT2D eigenvalue weighted by Gasteiger charge is -2.60. The van der Waals surface area contributed by atoms with Gasteiger partial charge in [-0.1, -0.05) is 44.2 Å². The molecule has 1 saturated carbocycles. The van der Waals surface area contributed by atoms with Crippen molar-refractivity contribution in [2.75, 3.05) is 27.2 Å². The molecule has 2 aromatic rings. The van der Waals surface area contributed by atoms with E-state index in [1.165, 1.54) is 6.92 Å². The van der Waals surface area contributed by atoms with Crippen LogP contribution in [0, 0.1) is 11.8 Å². The molecule has 9 heteroatoms. The second kappa shape index (κ2) is 10.0. The maximum atomic E-state index is 14.2. The van der Waals surface area contributed by atoms with E-state index >= 15 is 0 Å². The molecule has 4 aliphatic rings. The number of methoxy groups -OCH3 is 1. The third kappa shape index (κ3) is 4.23. The van der Waals surface area contributed by atoms with Gasteiger partial charge in [-0.3, -0.25) is 4.79 Å². The smallest absolute Gasteiger partial charge is 0.308 e. The van der Waals surface area contributed by atoms with Crippen LogP contribution < -0.4 is 14.2 Å². The highest BCUT2D eigenvalue weighted by Gasteiger charge is 2.67. The number of piperidine rings is 1. The Kier molecular flexibility index (Phi) is 6.91. The average Bonchev–Trinajstić information content (AvgIpc) is 3.24. The topological polar surface area (TPSA) is 85.4 Å². The molecule has 2 aromatic carbocycles. The molecular weight excluding hydrogens is 528 g/mol. The third-order valence-electron chi connectivity index (χ3n) is 9.57. The van der Waals surface area contributed by atoms with Gasteiger partial charge in [0, 0.05) is 42.1 Å². The largest absolute Gasteiger partial charge is 0.493 e. The van der Waals surface area contributed by atoms with Gasteiger partial charge in [0.2, 0.25) is 10.0 Å². The molecule has 6 rings (SSSR count). The van der Waals surface area contributed by atoms with Gasteiger partial charge in [0.15, 0.2) is 11.5 Å². The van der Waals surface area contributed by atoms with E-state index in [2.05, 4.69) is 25.8 Å². The maximum Gasteiger partial charge on any atom is 0.308 e. The molecule has 5 atom stereocenters. The van der Waals surface area contributed by atoms with Crippen LogP contribution in [0.3, 0.4) is 0 Å². The molecular formula is C31H40N2O6S. The maximum absolute atomic E-state index is 14.2. The number of carbonyl (C=O) groups is 1. The van der Waals surface area contributed by atoms with Gasteiger partial charge in [-0.15, -0.1) is 0 Å². The number of nitrogens with zero attached hydrogens (tertiary/aromatic N) is 2. The summed E-state index contributed by atoms with van der Waals surface area (Å²) in [5, 5.41) is 0. The van der Waals surface area contributed by atoms with Gasteiger partial charge in [0.05, 0.1) is 18.9 Å². The minimum Gasteiger partial charge on any atom is -0.493 e. The fraction of sp³-hybridized carbons (Fsp3) is 0.581. The van der Waals surface area contributed by atoms with E-state index in [-0.39, 0.29) is 41.2 Å². The predicted molar refractivity (Wildman–Crippen MR) is 152 cm³/mol. The standard InChI is InChI=1S/C31H40N2O6S/c1-19(2)17-33(40(35,36)18-21-9-7-6-8-10-21)24-12-11-23-25-15-22-26(38-20(3)34)16-27(37-5)29-28(22)31(23,30(24)39-29)13-14-32(25)4/h6-10,16,19,23-25,30H,11-15,17-18H2,1-5H3/t23-,24-,25+,30-,31-/m0/s1. The Morgan fingerprint density at radius 1 is 1.20 bits per heavy atom. The molecule has 2 bridgehead atoms. The Bertz CT molecular complexity index is 1410. The number of likely N-dealkylation sites (N-methyl/N-ethyl adjacent to an activating group) is 1. The van der Waals surface area contributed by atoms with Crippen molar-refractivity contribution >= 4 is 16.0 Å². The van der Waals surface area contributed by atoms with Crippen LogP contribution in [0.15, 0.2) is 36.4 Å². The van der Waals surface area contributed by atoms with Crippen molar-refractivity contribution in [3.8, 4) is 17.2 Å². The van der Waals surface area contributed by atoms with Crippen LogP contribution in [0.4, 0.5) is 0 Å². The molecule has 0 amide bonds. The molecule has 0 aromatic heterocycles. The highest BCUT2D eigenvalue weighted by atomic mass is 32.2. The van der Waals surface area contributed by atoms with Crippen molar-refractivity contribution in [1.82, 2.24) is 9.21 Å². The first kappa shape index (κ1) is 27.5. The summed E-state index contributed by atoms with van der Waals surface area (Å²) in [5.41, 5.74) is 2.50. The summed E-state index contributed by atoms with van der Waals surface area (Å²) < 4.78 is 48.6. The van der Waals surface area contributed by atoms with E-state index in [4.69, 9.17) is 14.2 Å². The monoisotopic (exact) mass is 568 g/mol. The van der Waals surface area contributed by atoms with Crippen LogP contribution in [0.25, 0.3) is 0 Å². The zero-order chi connectivity index (χ0) is 28.4. The van der Waals surface area contributed by atoms with E-state index in [1.807, 2.05) is 30.3 Å². The van der Waals surface area contributed by atoms with Crippen LogP contribution in [-0.4, -0.2) is 69.0 Å². The van der Waals surface area contributed by atoms with Crippen LogP contribution in [-0.2, 0) is 32.4 Å². The Balaban J connectivity index is 1.49. The van der Waals surface area contributed by atoms with E-state index in [0.717, 1.165) is 48.9 Å². The van der Waals surface area contributed by atoms with Crippen LogP contribution in [0.2, 0.25) is 0 Å². The van der Waals surface area contributed by atoms with E-state index in [9.17, 15) is 13.2 Å². The molecule has 0 N–H and O–H groups in total. The molecule has 0 radical (unpaired) electrons. The Labute approximate surface area is 237 Å². The number of sulfonamides is 1. The molecule has 0 unspecified atom stereocenters. The van der Waals surface area contributed by atoms with Crippen molar-refractivity contribution in [2.45, 2.75) is 75.8 Å². The SMILES string of the molecule is COc1cc(OC(C)=O)c2c3c1O[C@H]1[C@@H](N(CC(C)C)S(=O)(=O)Cc4ccccc4)CC[C@H]4[C@@H](C2)N(C)CC[C@@]341. The van der Waals surface area contributed by atoms with Crippen LogP contribution >= 0.6 is 0 Å². The first-order valence-electron chi connectivity index (χ1n) is 14.4. The molecule has 2 fully saturated rings. The average molecular weight is 569 g/mol. The molecule has 8 nitrogen and oxygen atoms in total. The highest BCUT2D eigenvalue weighted by molar-refractivity contribution is 7.88. The fourth-order valence-corrected chi connectivity index (χ4v) is 10.1. The minimum absolute atomic E-state index is 0.0380. The van der Waals surface area contributed by atoms with Crippen molar-refractivity contribution in [3.63, 3.8) is 0 Å². The molecule has 40 heavy (non-hydrogen) atoms. The highest BCUT2D eigenvalue weighted by Crippen LogP contribution is 2.65. The summed E-state index contributed by atoms with van der Waals surface area (Å²) in [6.45, 7) is 6.88. The molecule has 1 saturated heterocycles. The summed E-state index contributed by atoms with van der Waals surface area (Å²) >= 11 is 0. The zero-order valence-corrected chi connectivity index (χ0v) is 24.9. The number of benzene rings is 2. The zero-order valence-electron chi connectivity index (χ0n) is 24.1. The van der Waals surface area contributed by atoms with E-state index in [1.54, 1.807) is 17.5 Å². The number of likely N-dealkylation sites (tertiary alicyclic amines) is 1. The van der Waals surface area contributed by atoms with Crippen LogP contribution in [0.1, 0.15) is 56.7 Å². The Morgan fingerprint density at radius 3 is 2.62 bits per heavy atom. The normalized spacial score (nSPS) is 28.8. The first-order valence-corrected chi connectivity index (χ1v) is 16.0. The number of ether oxygens (including phenoxy) is 3. The second-order valence-electron chi connectivity index (χ2n) is 12.4. The van der Waals surface area contributed by atoms with E-state index < -0.39 is 10.0 Å². The Hall–Kier alpha value is -2.62. The number of esters is 1. The van der Waals surface area contributed by atoms with Gasteiger partial charge in [0.1, 0.15) is 11.9 Å². The molecule has 2 aliphatic heterocycles.